The summed E-state index contributed by atoms with van der Waals surface area (Å²) in [6.07, 6.45) is 1.50. The van der Waals surface area contributed by atoms with Crippen molar-refractivity contribution in [1.29, 1.82) is 0 Å². The quantitative estimate of drug-likeness (QED) is 0.729. The van der Waals surface area contributed by atoms with Crippen molar-refractivity contribution >= 4 is 33.1 Å². The van der Waals surface area contributed by atoms with E-state index in [-0.39, 0.29) is 18.7 Å². The van der Waals surface area contributed by atoms with Crippen LogP contribution in [0.25, 0.3) is 10.9 Å². The van der Waals surface area contributed by atoms with Crippen LogP contribution in [0.3, 0.4) is 0 Å². The van der Waals surface area contributed by atoms with E-state index in [1.165, 1.54) is 10.9 Å². The second-order valence-electron chi connectivity index (χ2n) is 5.86. The van der Waals surface area contributed by atoms with Crippen molar-refractivity contribution in [1.82, 2.24) is 19.7 Å². The lowest BCUT2D eigenvalue weighted by Gasteiger charge is -2.35. The molecule has 0 saturated carbocycles. The van der Waals surface area contributed by atoms with E-state index in [0.717, 1.165) is 37.0 Å². The highest BCUT2D eigenvalue weighted by molar-refractivity contribution is 7.13. The van der Waals surface area contributed by atoms with Gasteiger partial charge in [0.15, 0.2) is 0 Å². The molecule has 0 spiro atoms. The standard InChI is InChI=1S/C16H18N6O2S/c23-8-7-22-10-17-14-9-12(1-2-13(14)15(22)24)20-3-5-21(6-4-20)16-19-18-11-25-16/h1-2,9-11,23H,3-8H2. The number of rotatable bonds is 4. The molecule has 2 aromatic heterocycles. The summed E-state index contributed by atoms with van der Waals surface area (Å²) >= 11 is 1.56. The molecule has 1 fully saturated rings. The average Bonchev–Trinajstić information content (AvgIpc) is 3.19. The summed E-state index contributed by atoms with van der Waals surface area (Å²) in [4.78, 5) is 21.3. The number of piperazine rings is 1. The molecule has 0 atom stereocenters. The first-order chi connectivity index (χ1) is 12.3. The number of nitrogens with zero attached hydrogens (tertiary/aromatic N) is 6. The Morgan fingerprint density at radius 3 is 2.68 bits per heavy atom. The smallest absolute Gasteiger partial charge is 0.261 e. The molecule has 1 aliphatic heterocycles. The minimum Gasteiger partial charge on any atom is -0.395 e. The maximum atomic E-state index is 12.4. The van der Waals surface area contributed by atoms with Gasteiger partial charge in [-0.05, 0) is 18.2 Å². The summed E-state index contributed by atoms with van der Waals surface area (Å²) in [5, 5.41) is 18.6. The lowest BCUT2D eigenvalue weighted by molar-refractivity contribution is 0.274. The number of aromatic nitrogens is 4. The number of benzene rings is 1. The first-order valence-corrected chi connectivity index (χ1v) is 9.00. The van der Waals surface area contributed by atoms with Crippen molar-refractivity contribution in [2.24, 2.45) is 0 Å². The zero-order valence-corrected chi connectivity index (χ0v) is 14.4. The van der Waals surface area contributed by atoms with Gasteiger partial charge >= 0.3 is 0 Å². The van der Waals surface area contributed by atoms with Gasteiger partial charge in [-0.1, -0.05) is 11.3 Å². The van der Waals surface area contributed by atoms with E-state index in [1.54, 1.807) is 16.8 Å². The number of hydrogen-bond donors (Lipinski definition) is 1. The predicted octanol–water partition coefficient (Wildman–Crippen LogP) is 0.567. The van der Waals surface area contributed by atoms with Gasteiger partial charge < -0.3 is 14.9 Å². The zero-order valence-electron chi connectivity index (χ0n) is 13.6. The van der Waals surface area contributed by atoms with Gasteiger partial charge in [-0.2, -0.15) is 0 Å². The van der Waals surface area contributed by atoms with Crippen molar-refractivity contribution < 1.29 is 5.11 Å². The molecule has 3 heterocycles. The summed E-state index contributed by atoms with van der Waals surface area (Å²) in [6, 6.07) is 5.75. The Kier molecular flexibility index (Phi) is 4.33. The van der Waals surface area contributed by atoms with Crippen molar-refractivity contribution in [3.05, 3.63) is 40.4 Å². The number of anilines is 2. The molecule has 25 heavy (non-hydrogen) atoms. The second kappa shape index (κ2) is 6.77. The molecule has 0 bridgehead atoms. The van der Waals surface area contributed by atoms with Crippen molar-refractivity contribution in [3.63, 3.8) is 0 Å². The van der Waals surface area contributed by atoms with Gasteiger partial charge in [0.1, 0.15) is 5.51 Å². The Morgan fingerprint density at radius 1 is 1.16 bits per heavy atom. The molecule has 0 radical (unpaired) electrons. The first-order valence-electron chi connectivity index (χ1n) is 8.12. The van der Waals surface area contributed by atoms with Gasteiger partial charge in [0.05, 0.1) is 30.4 Å². The van der Waals surface area contributed by atoms with Crippen LogP contribution in [0.1, 0.15) is 0 Å². The van der Waals surface area contributed by atoms with Gasteiger partial charge in [-0.25, -0.2) is 4.98 Å². The van der Waals surface area contributed by atoms with Gasteiger partial charge in [0.2, 0.25) is 5.13 Å². The summed E-state index contributed by atoms with van der Waals surface area (Å²) in [7, 11) is 0. The van der Waals surface area contributed by atoms with Crippen LogP contribution < -0.4 is 15.4 Å². The van der Waals surface area contributed by atoms with Crippen LogP contribution in [0.15, 0.2) is 34.8 Å². The maximum absolute atomic E-state index is 12.4. The van der Waals surface area contributed by atoms with Crippen molar-refractivity contribution in [2.45, 2.75) is 6.54 Å². The molecule has 1 saturated heterocycles. The average molecular weight is 358 g/mol. The second-order valence-corrected chi connectivity index (χ2v) is 6.68. The summed E-state index contributed by atoms with van der Waals surface area (Å²) in [5.41, 5.74) is 3.38. The molecule has 1 aromatic carbocycles. The molecule has 1 aliphatic rings. The van der Waals surface area contributed by atoms with Crippen LogP contribution in [0.2, 0.25) is 0 Å². The third kappa shape index (κ3) is 3.08. The molecule has 3 aromatic rings. The number of aliphatic hydroxyl groups is 1. The number of aliphatic hydroxyl groups excluding tert-OH is 1. The van der Waals surface area contributed by atoms with Crippen LogP contribution in [0, 0.1) is 0 Å². The van der Waals surface area contributed by atoms with Crippen LogP contribution in [0.5, 0.6) is 0 Å². The van der Waals surface area contributed by atoms with Gasteiger partial charge in [0, 0.05) is 31.9 Å². The van der Waals surface area contributed by atoms with E-state index in [2.05, 4.69) is 25.0 Å². The molecule has 0 amide bonds. The molecular formula is C16H18N6O2S. The van der Waals surface area contributed by atoms with E-state index in [0.29, 0.717) is 10.9 Å². The summed E-state index contributed by atoms with van der Waals surface area (Å²) < 4.78 is 1.43. The molecular weight excluding hydrogens is 340 g/mol. The fraction of sp³-hybridized carbons (Fsp3) is 0.375. The highest BCUT2D eigenvalue weighted by Crippen LogP contribution is 2.23. The minimum absolute atomic E-state index is 0.0793. The van der Waals surface area contributed by atoms with E-state index < -0.39 is 0 Å². The Hall–Kier alpha value is -2.52. The van der Waals surface area contributed by atoms with Crippen LogP contribution in [-0.4, -0.2) is 57.6 Å². The molecule has 0 unspecified atom stereocenters. The Labute approximate surface area is 148 Å². The van der Waals surface area contributed by atoms with E-state index in [4.69, 9.17) is 5.11 Å². The SMILES string of the molecule is O=c1c2ccc(N3CCN(c4nncs4)CC3)cc2ncn1CCO. The molecule has 0 aliphatic carbocycles. The lowest BCUT2D eigenvalue weighted by Crippen LogP contribution is -2.46. The molecule has 9 heteroatoms. The summed E-state index contributed by atoms with van der Waals surface area (Å²) in [6.45, 7) is 3.72. The Bertz CT molecular complexity index is 918. The predicted molar refractivity (Wildman–Crippen MR) is 97.4 cm³/mol. The highest BCUT2D eigenvalue weighted by atomic mass is 32.1. The Balaban J connectivity index is 1.54. The number of fused-ring (bicyclic) bond motifs is 1. The molecule has 1 N–H and O–H groups in total. The molecule has 130 valence electrons. The van der Waals surface area contributed by atoms with E-state index in [1.807, 2.05) is 18.2 Å². The van der Waals surface area contributed by atoms with Crippen LogP contribution in [0.4, 0.5) is 10.8 Å². The fourth-order valence-corrected chi connectivity index (χ4v) is 3.69. The monoisotopic (exact) mass is 358 g/mol. The Morgan fingerprint density at radius 2 is 1.96 bits per heavy atom. The zero-order chi connectivity index (χ0) is 17.2. The topological polar surface area (TPSA) is 87.4 Å². The highest BCUT2D eigenvalue weighted by Gasteiger charge is 2.19. The first kappa shape index (κ1) is 16.0. The lowest BCUT2D eigenvalue weighted by atomic mass is 10.2. The normalized spacial score (nSPS) is 15.1. The third-order valence-electron chi connectivity index (χ3n) is 4.41. The largest absolute Gasteiger partial charge is 0.395 e. The van der Waals surface area contributed by atoms with Gasteiger partial charge in [-0.3, -0.25) is 9.36 Å². The minimum atomic E-state index is -0.119. The van der Waals surface area contributed by atoms with Gasteiger partial charge in [0.25, 0.3) is 5.56 Å². The maximum Gasteiger partial charge on any atom is 0.261 e. The van der Waals surface area contributed by atoms with Crippen LogP contribution in [-0.2, 0) is 6.54 Å². The van der Waals surface area contributed by atoms with Crippen molar-refractivity contribution in [2.75, 3.05) is 42.6 Å². The third-order valence-corrected chi connectivity index (χ3v) is 5.16. The van der Waals surface area contributed by atoms with E-state index in [9.17, 15) is 4.79 Å². The summed E-state index contributed by atoms with van der Waals surface area (Å²) in [5.74, 6) is 0. The van der Waals surface area contributed by atoms with Crippen molar-refractivity contribution in [3.8, 4) is 0 Å². The number of hydrogen-bond acceptors (Lipinski definition) is 8. The molecule has 8 nitrogen and oxygen atoms in total. The van der Waals surface area contributed by atoms with E-state index >= 15 is 0 Å². The van der Waals surface area contributed by atoms with Gasteiger partial charge in [-0.15, -0.1) is 10.2 Å². The molecule has 4 rings (SSSR count). The fourth-order valence-electron chi connectivity index (χ4n) is 3.07. The van der Waals surface area contributed by atoms with Crippen LogP contribution >= 0.6 is 11.3 Å².